The number of alkyl halides is 4. The molecular formula is C63H103ClF3N11O11. The van der Waals surface area contributed by atoms with Crippen molar-refractivity contribution in [2.24, 2.45) is 35.5 Å². The Labute approximate surface area is 530 Å². The van der Waals surface area contributed by atoms with Crippen molar-refractivity contribution < 1.29 is 65.9 Å². The highest BCUT2D eigenvalue weighted by Crippen LogP contribution is 2.44. The van der Waals surface area contributed by atoms with E-state index in [1.54, 1.807) is 27.7 Å². The maximum Gasteiger partial charge on any atom is 0.393 e. The molecule has 504 valence electrons. The smallest absolute Gasteiger partial charge is 0.343 e. The Kier molecular flexibility index (Phi) is 26.6. The molecule has 22 nitrogen and oxygen atoms in total. The Hall–Kier alpha value is -5.75. The Morgan fingerprint density at radius 1 is 0.618 bits per heavy atom. The molecule has 89 heavy (non-hydrogen) atoms. The van der Waals surface area contributed by atoms with E-state index in [0.29, 0.717) is 12.8 Å². The van der Waals surface area contributed by atoms with E-state index in [2.05, 4.69) is 16.0 Å². The van der Waals surface area contributed by atoms with Crippen LogP contribution in [0.5, 0.6) is 0 Å². The predicted molar refractivity (Wildman–Crippen MR) is 329 cm³/mol. The van der Waals surface area contributed by atoms with E-state index < -0.39 is 162 Å². The Balaban J connectivity index is 1.51. The number of amides is 11. The SMILES string of the molecule is CC[C@H](C)[C@@H]1NC(=O)[C@H](CC(C)C)N(C)C(=O)C[C@@H](C)N(C)C(=O)[C@H](C(C)C)N(C)C(=O)C2(CC2)NC(=O)[C@@H]2CCCN2C(=O)[C@H](CCC2CCC(C(F)(F)F)C(Cl)C2)NC(=O)CN(C)C(=O)[C@H](CC2CCCCC2)N(C)C(=O)CN(C)C(=O)CN(C)C1=O. The molecule has 5 rings (SSSR count). The molecule has 5 fully saturated rings. The number of hydrogen-bond acceptors (Lipinski definition) is 11. The highest BCUT2D eigenvalue weighted by Gasteiger charge is 2.56. The molecule has 3 saturated carbocycles. The van der Waals surface area contributed by atoms with E-state index >= 15 is 0 Å². The lowest BCUT2D eigenvalue weighted by Crippen LogP contribution is -2.60. The third kappa shape index (κ3) is 19.2. The topological polar surface area (TPSA) is 250 Å². The number of fused-ring (bicyclic) bond motifs is 1. The standard InChI is InChI=1S/C63H103ClF3N11O11/c1-15-39(6)53-59(87)73(10)35-51(81)71(8)36-52(82)76(13)48(33-41-20-17-16-18-21-41)58(86)72(9)34-49(79)68-45(26-24-42-23-25-43(44(64)32-42)63(65,66)67)57(85)78-29-19-22-46(78)56(84)70-62(27-28-62)61(89)77(14)54(38(4)5)60(88)74(11)40(7)31-50(80)75(12)47(30-37(2)3)55(83)69-53/h37-48,53-54H,15-36H2,1-14H3,(H,68,79)(H,69,83)(H,70,84)/t39-,40+,42?,43?,44?,45-,46-,47-,48-,53-,54-/m0/s1. The number of halogens is 4. The van der Waals surface area contributed by atoms with Crippen molar-refractivity contribution in [1.82, 2.24) is 55.1 Å². The van der Waals surface area contributed by atoms with Gasteiger partial charge in [-0.2, -0.15) is 13.2 Å². The summed E-state index contributed by atoms with van der Waals surface area (Å²) in [6.45, 7) is 11.2. The van der Waals surface area contributed by atoms with E-state index in [1.807, 2.05) is 20.8 Å². The maximum atomic E-state index is 14.9. The molecule has 2 aliphatic heterocycles. The molecular weight excluding hydrogens is 1180 g/mol. The lowest BCUT2D eigenvalue weighted by atomic mass is 9.78. The third-order valence-corrected chi connectivity index (χ3v) is 20.1. The first kappa shape index (κ1) is 74.0. The van der Waals surface area contributed by atoms with Gasteiger partial charge in [-0.25, -0.2) is 0 Å². The van der Waals surface area contributed by atoms with Gasteiger partial charge in [0.2, 0.25) is 65.0 Å². The zero-order chi connectivity index (χ0) is 66.7. The summed E-state index contributed by atoms with van der Waals surface area (Å²) < 4.78 is 41.6. The van der Waals surface area contributed by atoms with Gasteiger partial charge >= 0.3 is 6.18 Å². The van der Waals surface area contributed by atoms with Crippen molar-refractivity contribution in [3.05, 3.63) is 0 Å². The van der Waals surface area contributed by atoms with Crippen molar-refractivity contribution in [1.29, 1.82) is 0 Å². The summed E-state index contributed by atoms with van der Waals surface area (Å²) in [5.41, 5.74) is -1.42. The van der Waals surface area contributed by atoms with E-state index in [-0.39, 0.29) is 94.9 Å². The van der Waals surface area contributed by atoms with Crippen LogP contribution in [0.15, 0.2) is 0 Å². The zero-order valence-electron chi connectivity index (χ0n) is 55.2. The fraction of sp³-hybridized carbons (Fsp3) is 0.825. The first-order chi connectivity index (χ1) is 41.5. The summed E-state index contributed by atoms with van der Waals surface area (Å²) in [5, 5.41) is 7.40. The lowest BCUT2D eigenvalue weighted by Gasteiger charge is -2.38. The van der Waals surface area contributed by atoms with Crippen molar-refractivity contribution in [3.8, 4) is 0 Å². The third-order valence-electron chi connectivity index (χ3n) is 19.6. The Morgan fingerprint density at radius 2 is 1.22 bits per heavy atom. The van der Waals surface area contributed by atoms with Crippen LogP contribution in [0.3, 0.4) is 0 Å². The highest BCUT2D eigenvalue weighted by molar-refractivity contribution is 6.20. The van der Waals surface area contributed by atoms with Gasteiger partial charge in [0.15, 0.2) is 0 Å². The summed E-state index contributed by atoms with van der Waals surface area (Å²) in [5.74, 6) is -9.49. The van der Waals surface area contributed by atoms with Gasteiger partial charge in [-0.05, 0) is 107 Å². The second-order valence-corrected chi connectivity index (χ2v) is 27.9. The number of nitrogens with one attached hydrogen (secondary N) is 3. The van der Waals surface area contributed by atoms with Crippen molar-refractivity contribution >= 4 is 76.6 Å². The van der Waals surface area contributed by atoms with Crippen LogP contribution < -0.4 is 16.0 Å². The number of likely N-dealkylation sites (N-methyl/N-ethyl adjacent to an activating group) is 7. The van der Waals surface area contributed by atoms with E-state index in [0.717, 1.165) is 41.9 Å². The summed E-state index contributed by atoms with van der Waals surface area (Å²) in [7, 11) is 10.1. The quantitative estimate of drug-likeness (QED) is 0.251. The first-order valence-corrected chi connectivity index (χ1v) is 32.7. The predicted octanol–water partition coefficient (Wildman–Crippen LogP) is 4.79. The molecule has 11 amide bonds. The van der Waals surface area contributed by atoms with Crippen LogP contribution in [-0.4, -0.2) is 239 Å². The van der Waals surface area contributed by atoms with Gasteiger partial charge in [-0.1, -0.05) is 80.1 Å². The van der Waals surface area contributed by atoms with Gasteiger partial charge in [0.1, 0.15) is 41.8 Å². The van der Waals surface area contributed by atoms with E-state index in [4.69, 9.17) is 11.6 Å². The second-order valence-electron chi connectivity index (χ2n) is 27.3. The number of carbonyl (C=O) groups excluding carboxylic acids is 11. The second kappa shape index (κ2) is 32.0. The Bertz CT molecular complexity index is 2550. The minimum Gasteiger partial charge on any atom is -0.343 e. The van der Waals surface area contributed by atoms with E-state index in [1.165, 1.54) is 78.7 Å². The number of nitrogens with zero attached hydrogens (tertiary/aromatic N) is 8. The summed E-state index contributed by atoms with van der Waals surface area (Å²) in [6.07, 6.45) is 1.80. The summed E-state index contributed by atoms with van der Waals surface area (Å²) in [6, 6.07) is -7.48. The average Bonchev–Trinajstić information content (AvgIpc) is 1.79. The van der Waals surface area contributed by atoms with Crippen molar-refractivity contribution in [2.75, 3.05) is 75.5 Å². The molecule has 0 bridgehead atoms. The van der Waals surface area contributed by atoms with Gasteiger partial charge in [0.05, 0.1) is 25.6 Å². The molecule has 11 atom stereocenters. The van der Waals surface area contributed by atoms with Gasteiger partial charge in [-0.15, -0.1) is 11.6 Å². The molecule has 2 saturated heterocycles. The lowest BCUT2D eigenvalue weighted by molar-refractivity contribution is -0.182. The van der Waals surface area contributed by atoms with Crippen LogP contribution in [0.1, 0.15) is 164 Å². The van der Waals surface area contributed by atoms with Crippen LogP contribution in [0.2, 0.25) is 0 Å². The molecule has 1 spiro atoms. The Morgan fingerprint density at radius 3 is 1.80 bits per heavy atom. The summed E-state index contributed by atoms with van der Waals surface area (Å²) >= 11 is 6.34. The molecule has 3 unspecified atom stereocenters. The van der Waals surface area contributed by atoms with Crippen LogP contribution in [0.25, 0.3) is 0 Å². The van der Waals surface area contributed by atoms with Crippen molar-refractivity contribution in [3.63, 3.8) is 0 Å². The van der Waals surface area contributed by atoms with Gasteiger partial charge in [0, 0.05) is 73.7 Å². The molecule has 0 aromatic rings. The molecule has 0 aromatic heterocycles. The molecule has 26 heteroatoms. The van der Waals surface area contributed by atoms with Gasteiger partial charge < -0.3 is 55.1 Å². The van der Waals surface area contributed by atoms with Gasteiger partial charge in [-0.3, -0.25) is 52.7 Å². The minimum atomic E-state index is -4.49. The monoisotopic (exact) mass is 1280 g/mol. The summed E-state index contributed by atoms with van der Waals surface area (Å²) in [4.78, 5) is 169. The molecule has 3 N–H and O–H groups in total. The van der Waals surface area contributed by atoms with E-state index in [9.17, 15) is 65.9 Å². The minimum absolute atomic E-state index is 0.0148. The number of hydrogen-bond donors (Lipinski definition) is 3. The maximum absolute atomic E-state index is 14.9. The van der Waals surface area contributed by atoms with Crippen LogP contribution >= 0.6 is 11.6 Å². The first-order valence-electron chi connectivity index (χ1n) is 32.3. The van der Waals surface area contributed by atoms with Crippen LogP contribution in [0.4, 0.5) is 13.2 Å². The average molecular weight is 1280 g/mol. The molecule has 0 aromatic carbocycles. The highest BCUT2D eigenvalue weighted by atomic mass is 35.5. The normalized spacial score (nSPS) is 29.9. The molecule has 2 heterocycles. The van der Waals surface area contributed by atoms with Crippen LogP contribution in [-0.2, 0) is 52.7 Å². The fourth-order valence-electron chi connectivity index (χ4n) is 13.3. The molecule has 0 radical (unpaired) electrons. The fourth-order valence-corrected chi connectivity index (χ4v) is 13.8. The van der Waals surface area contributed by atoms with Crippen LogP contribution in [0, 0.1) is 35.5 Å². The molecule has 3 aliphatic carbocycles. The number of carbonyl (C=O) groups is 11. The zero-order valence-corrected chi connectivity index (χ0v) is 56.0. The van der Waals surface area contributed by atoms with Gasteiger partial charge in [0.25, 0.3) is 0 Å². The number of rotatable bonds is 10. The largest absolute Gasteiger partial charge is 0.393 e. The molecule has 5 aliphatic rings. The van der Waals surface area contributed by atoms with Crippen molar-refractivity contribution in [2.45, 2.75) is 223 Å².